The largest absolute Gasteiger partial charge is 0.308 e. The highest BCUT2D eigenvalue weighted by Crippen LogP contribution is 2.23. The van der Waals surface area contributed by atoms with Crippen LogP contribution in [-0.4, -0.2) is 21.5 Å². The summed E-state index contributed by atoms with van der Waals surface area (Å²) in [5.74, 6) is 0. The number of hydrogen-bond acceptors (Lipinski definition) is 3. The molecule has 0 amide bonds. The van der Waals surface area contributed by atoms with E-state index in [9.17, 15) is 0 Å². The summed E-state index contributed by atoms with van der Waals surface area (Å²) in [4.78, 5) is 0. The molecule has 1 unspecified atom stereocenters. The molecule has 1 N–H and O–H groups in total. The summed E-state index contributed by atoms with van der Waals surface area (Å²) in [7, 11) is 1.93. The highest BCUT2D eigenvalue weighted by molar-refractivity contribution is 9.10. The van der Waals surface area contributed by atoms with E-state index in [1.165, 1.54) is 5.56 Å². The fourth-order valence-corrected chi connectivity index (χ4v) is 2.75. The van der Waals surface area contributed by atoms with Gasteiger partial charge >= 0.3 is 0 Å². The van der Waals surface area contributed by atoms with Gasteiger partial charge in [0.15, 0.2) is 4.60 Å². The predicted octanol–water partition coefficient (Wildman–Crippen LogP) is 2.86. The topological polar surface area (TPSA) is 42.7 Å². The van der Waals surface area contributed by atoms with E-state index >= 15 is 0 Å². The SMILES string of the molecule is CCCNC(Cc1ccccc1)c1c(Br)nnn1C. The zero-order chi connectivity index (χ0) is 13.7. The Balaban J connectivity index is 2.21. The first-order valence-electron chi connectivity index (χ1n) is 6.54. The van der Waals surface area contributed by atoms with E-state index < -0.39 is 0 Å². The average Bonchev–Trinajstić information content (AvgIpc) is 2.75. The molecule has 0 aliphatic carbocycles. The van der Waals surface area contributed by atoms with Gasteiger partial charge in [0.2, 0.25) is 0 Å². The Bertz CT molecular complexity index is 490. The standard InChI is InChI=1S/C14H19BrN4/c1-3-9-16-12(10-11-7-5-4-6-8-11)13-14(15)17-18-19(13)2/h4-8,12,16H,3,9-10H2,1-2H3. The molecule has 5 heteroatoms. The Morgan fingerprint density at radius 3 is 2.63 bits per heavy atom. The van der Waals surface area contributed by atoms with Crippen molar-refractivity contribution in [1.29, 1.82) is 0 Å². The third-order valence-corrected chi connectivity index (χ3v) is 3.64. The molecule has 102 valence electrons. The first kappa shape index (κ1) is 14.2. The molecule has 4 nitrogen and oxygen atoms in total. The molecule has 0 aliphatic rings. The summed E-state index contributed by atoms with van der Waals surface area (Å²) < 4.78 is 2.65. The number of rotatable bonds is 6. The van der Waals surface area contributed by atoms with Crippen molar-refractivity contribution in [2.45, 2.75) is 25.8 Å². The van der Waals surface area contributed by atoms with Crippen LogP contribution in [0.2, 0.25) is 0 Å². The second kappa shape index (κ2) is 6.82. The molecule has 0 saturated heterocycles. The highest BCUT2D eigenvalue weighted by Gasteiger charge is 2.19. The smallest absolute Gasteiger partial charge is 0.153 e. The van der Waals surface area contributed by atoms with Gasteiger partial charge in [0.1, 0.15) is 0 Å². The van der Waals surface area contributed by atoms with Crippen LogP contribution in [-0.2, 0) is 13.5 Å². The summed E-state index contributed by atoms with van der Waals surface area (Å²) >= 11 is 3.49. The number of halogens is 1. The first-order chi connectivity index (χ1) is 9.22. The molecule has 2 rings (SSSR count). The third kappa shape index (κ3) is 3.64. The molecule has 0 spiro atoms. The molecule has 1 aromatic heterocycles. The van der Waals surface area contributed by atoms with Crippen molar-refractivity contribution in [3.63, 3.8) is 0 Å². The quantitative estimate of drug-likeness (QED) is 0.889. The van der Waals surface area contributed by atoms with Crippen LogP contribution in [0.15, 0.2) is 34.9 Å². The summed E-state index contributed by atoms with van der Waals surface area (Å²) in [5, 5.41) is 11.7. The lowest BCUT2D eigenvalue weighted by atomic mass is 10.0. The van der Waals surface area contributed by atoms with Crippen molar-refractivity contribution in [3.8, 4) is 0 Å². The summed E-state index contributed by atoms with van der Waals surface area (Å²) in [5.41, 5.74) is 2.40. The van der Waals surface area contributed by atoms with Crippen LogP contribution in [0.3, 0.4) is 0 Å². The van der Waals surface area contributed by atoms with Gasteiger partial charge in [-0.3, -0.25) is 0 Å². The van der Waals surface area contributed by atoms with Gasteiger partial charge in [-0.1, -0.05) is 42.5 Å². The zero-order valence-electron chi connectivity index (χ0n) is 11.3. The van der Waals surface area contributed by atoms with Crippen molar-refractivity contribution in [3.05, 3.63) is 46.2 Å². The number of nitrogens with one attached hydrogen (secondary N) is 1. The normalized spacial score (nSPS) is 12.6. The van der Waals surface area contributed by atoms with Crippen molar-refractivity contribution in [2.75, 3.05) is 6.54 Å². The lowest BCUT2D eigenvalue weighted by molar-refractivity contribution is 0.491. The fraction of sp³-hybridized carbons (Fsp3) is 0.429. The average molecular weight is 323 g/mol. The van der Waals surface area contributed by atoms with E-state index in [2.05, 4.69) is 62.7 Å². The van der Waals surface area contributed by atoms with E-state index in [1.807, 2.05) is 17.8 Å². The summed E-state index contributed by atoms with van der Waals surface area (Å²) in [6.07, 6.45) is 2.04. The van der Waals surface area contributed by atoms with Gasteiger partial charge < -0.3 is 5.32 Å². The Morgan fingerprint density at radius 1 is 1.32 bits per heavy atom. The van der Waals surface area contributed by atoms with E-state index in [4.69, 9.17) is 0 Å². The predicted molar refractivity (Wildman–Crippen MR) is 79.9 cm³/mol. The molecule has 1 heterocycles. The molecular weight excluding hydrogens is 304 g/mol. The zero-order valence-corrected chi connectivity index (χ0v) is 12.9. The Kier molecular flexibility index (Phi) is 5.10. The highest BCUT2D eigenvalue weighted by atomic mass is 79.9. The molecule has 2 aromatic rings. The van der Waals surface area contributed by atoms with Crippen LogP contribution in [0.1, 0.15) is 30.6 Å². The Hall–Kier alpha value is -1.20. The Labute approximate surface area is 122 Å². The van der Waals surface area contributed by atoms with Crippen LogP contribution in [0, 0.1) is 0 Å². The molecular formula is C14H19BrN4. The minimum absolute atomic E-state index is 0.219. The molecule has 0 fully saturated rings. The molecule has 1 atom stereocenters. The van der Waals surface area contributed by atoms with Crippen molar-refractivity contribution in [1.82, 2.24) is 20.3 Å². The van der Waals surface area contributed by atoms with Crippen molar-refractivity contribution >= 4 is 15.9 Å². The van der Waals surface area contributed by atoms with Crippen LogP contribution >= 0.6 is 15.9 Å². The second-order valence-electron chi connectivity index (χ2n) is 4.59. The van der Waals surface area contributed by atoms with Crippen LogP contribution < -0.4 is 5.32 Å². The van der Waals surface area contributed by atoms with Gasteiger partial charge in [-0.05, 0) is 40.9 Å². The molecule has 0 radical (unpaired) electrons. The van der Waals surface area contributed by atoms with Gasteiger partial charge in [-0.15, -0.1) is 5.10 Å². The van der Waals surface area contributed by atoms with Crippen LogP contribution in [0.4, 0.5) is 0 Å². The number of benzene rings is 1. The van der Waals surface area contributed by atoms with Crippen molar-refractivity contribution in [2.24, 2.45) is 7.05 Å². The fourth-order valence-electron chi connectivity index (χ4n) is 2.14. The number of hydrogen-bond donors (Lipinski definition) is 1. The molecule has 0 bridgehead atoms. The van der Waals surface area contributed by atoms with E-state index in [0.29, 0.717) is 0 Å². The van der Waals surface area contributed by atoms with Crippen LogP contribution in [0.25, 0.3) is 0 Å². The first-order valence-corrected chi connectivity index (χ1v) is 7.34. The minimum atomic E-state index is 0.219. The van der Waals surface area contributed by atoms with Crippen LogP contribution in [0.5, 0.6) is 0 Å². The maximum Gasteiger partial charge on any atom is 0.153 e. The van der Waals surface area contributed by atoms with Crippen molar-refractivity contribution < 1.29 is 0 Å². The lowest BCUT2D eigenvalue weighted by Gasteiger charge is -2.19. The molecule has 19 heavy (non-hydrogen) atoms. The van der Waals surface area contributed by atoms with Gasteiger partial charge in [-0.25, -0.2) is 4.68 Å². The number of aryl methyl sites for hydroxylation is 1. The van der Waals surface area contributed by atoms with Gasteiger partial charge in [0, 0.05) is 7.05 Å². The molecule has 1 aromatic carbocycles. The van der Waals surface area contributed by atoms with Gasteiger partial charge in [0.05, 0.1) is 11.7 Å². The summed E-state index contributed by atoms with van der Waals surface area (Å²) in [6, 6.07) is 10.7. The maximum atomic E-state index is 4.08. The number of aromatic nitrogens is 3. The van der Waals surface area contributed by atoms with Gasteiger partial charge in [-0.2, -0.15) is 0 Å². The lowest BCUT2D eigenvalue weighted by Crippen LogP contribution is -2.26. The Morgan fingerprint density at radius 2 is 2.05 bits per heavy atom. The molecule has 0 aliphatic heterocycles. The minimum Gasteiger partial charge on any atom is -0.308 e. The monoisotopic (exact) mass is 322 g/mol. The molecule has 0 saturated carbocycles. The van der Waals surface area contributed by atoms with E-state index in [1.54, 1.807) is 0 Å². The van der Waals surface area contributed by atoms with Gasteiger partial charge in [0.25, 0.3) is 0 Å². The maximum absolute atomic E-state index is 4.08. The van der Waals surface area contributed by atoms with E-state index in [0.717, 1.165) is 29.7 Å². The number of nitrogens with zero attached hydrogens (tertiary/aromatic N) is 3. The second-order valence-corrected chi connectivity index (χ2v) is 5.34. The third-order valence-electron chi connectivity index (χ3n) is 3.08. The summed E-state index contributed by atoms with van der Waals surface area (Å²) in [6.45, 7) is 3.15. The van der Waals surface area contributed by atoms with E-state index in [-0.39, 0.29) is 6.04 Å².